The molecule has 2 heterocycles. The minimum absolute atomic E-state index is 0.101. The summed E-state index contributed by atoms with van der Waals surface area (Å²) >= 11 is 13.2. The van der Waals surface area contributed by atoms with Crippen LogP contribution < -0.4 is 14.3 Å². The van der Waals surface area contributed by atoms with Crippen molar-refractivity contribution in [2.24, 2.45) is 4.99 Å². The van der Waals surface area contributed by atoms with Gasteiger partial charge in [-0.15, -0.1) is 0 Å². The average molecular weight is 453 g/mol. The third-order valence-electron chi connectivity index (χ3n) is 4.08. The van der Waals surface area contributed by atoms with Gasteiger partial charge in [-0.25, -0.2) is 0 Å². The fraction of sp³-hybridized carbons (Fsp3) is 0.211. The van der Waals surface area contributed by atoms with Gasteiger partial charge >= 0.3 is 5.97 Å². The van der Waals surface area contributed by atoms with Crippen molar-refractivity contribution >= 4 is 56.6 Å². The molecule has 29 heavy (non-hydrogen) atoms. The van der Waals surface area contributed by atoms with Crippen molar-refractivity contribution in [3.05, 3.63) is 50.7 Å². The van der Waals surface area contributed by atoms with Crippen molar-refractivity contribution in [2.45, 2.75) is 13.5 Å². The zero-order chi connectivity index (χ0) is 20.5. The molecule has 3 aromatic rings. The van der Waals surface area contributed by atoms with E-state index >= 15 is 0 Å². The Morgan fingerprint density at radius 2 is 1.83 bits per heavy atom. The molecule has 7 nitrogen and oxygen atoms in total. The first kappa shape index (κ1) is 19.8. The topological polar surface area (TPSA) is 79.1 Å². The number of benzene rings is 2. The smallest absolute Gasteiger partial charge is 0.326 e. The zero-order valence-electron chi connectivity index (χ0n) is 15.1. The van der Waals surface area contributed by atoms with Gasteiger partial charge in [-0.05, 0) is 25.1 Å². The van der Waals surface area contributed by atoms with Gasteiger partial charge in [0, 0.05) is 27.7 Å². The molecule has 1 aliphatic heterocycles. The zero-order valence-corrected chi connectivity index (χ0v) is 17.4. The van der Waals surface area contributed by atoms with E-state index < -0.39 is 11.9 Å². The Morgan fingerprint density at radius 1 is 1.14 bits per heavy atom. The lowest BCUT2D eigenvalue weighted by Gasteiger charge is -2.06. The maximum absolute atomic E-state index is 12.7. The Bertz CT molecular complexity index is 1180. The lowest BCUT2D eigenvalue weighted by molar-refractivity contribution is -0.143. The first-order chi connectivity index (χ1) is 13.9. The minimum Gasteiger partial charge on any atom is -0.465 e. The van der Waals surface area contributed by atoms with Gasteiger partial charge in [-0.3, -0.25) is 9.59 Å². The van der Waals surface area contributed by atoms with Crippen molar-refractivity contribution in [2.75, 3.05) is 13.4 Å². The molecule has 10 heteroatoms. The fourth-order valence-electron chi connectivity index (χ4n) is 2.86. The quantitative estimate of drug-likeness (QED) is 0.558. The first-order valence-corrected chi connectivity index (χ1v) is 10.2. The van der Waals surface area contributed by atoms with Gasteiger partial charge in [-0.2, -0.15) is 4.99 Å². The Labute approximate surface area is 179 Å². The van der Waals surface area contributed by atoms with Crippen LogP contribution in [0, 0.1) is 0 Å². The number of halogens is 2. The molecule has 2 aromatic carbocycles. The fourth-order valence-corrected chi connectivity index (χ4v) is 4.43. The predicted molar refractivity (Wildman–Crippen MR) is 109 cm³/mol. The van der Waals surface area contributed by atoms with Crippen LogP contribution in [0.5, 0.6) is 11.5 Å². The highest BCUT2D eigenvalue weighted by Gasteiger charge is 2.19. The lowest BCUT2D eigenvalue weighted by atomic mass is 10.2. The SMILES string of the molecule is CCOC(=O)Cn1c(=NC(=O)c2cc(Cl)cc(Cl)c2)sc2cc3c(cc21)OCO3. The minimum atomic E-state index is -0.529. The van der Waals surface area contributed by atoms with Crippen LogP contribution in [0.4, 0.5) is 0 Å². The van der Waals surface area contributed by atoms with E-state index in [9.17, 15) is 9.59 Å². The van der Waals surface area contributed by atoms with Crippen molar-refractivity contribution in [3.8, 4) is 11.5 Å². The third kappa shape index (κ3) is 4.10. The molecule has 1 aromatic heterocycles. The van der Waals surface area contributed by atoms with Gasteiger partial charge in [0.25, 0.3) is 5.91 Å². The van der Waals surface area contributed by atoms with Crippen LogP contribution in [0.15, 0.2) is 35.3 Å². The molecule has 1 aliphatic rings. The Kier molecular flexibility index (Phi) is 5.49. The second-order valence-corrected chi connectivity index (χ2v) is 7.91. The van der Waals surface area contributed by atoms with Gasteiger partial charge in [0.2, 0.25) is 6.79 Å². The largest absolute Gasteiger partial charge is 0.465 e. The maximum atomic E-state index is 12.7. The number of amides is 1. The van der Waals surface area contributed by atoms with E-state index in [1.807, 2.05) is 0 Å². The van der Waals surface area contributed by atoms with E-state index in [1.54, 1.807) is 23.6 Å². The second kappa shape index (κ2) is 8.06. The van der Waals surface area contributed by atoms with E-state index in [1.165, 1.54) is 29.5 Å². The number of fused-ring (bicyclic) bond motifs is 2. The number of rotatable bonds is 4. The highest BCUT2D eigenvalue weighted by Crippen LogP contribution is 2.37. The Balaban J connectivity index is 1.84. The van der Waals surface area contributed by atoms with Crippen LogP contribution in [0.25, 0.3) is 10.2 Å². The Morgan fingerprint density at radius 3 is 2.52 bits per heavy atom. The number of ether oxygens (including phenoxy) is 3. The van der Waals surface area contributed by atoms with Gasteiger partial charge < -0.3 is 18.8 Å². The average Bonchev–Trinajstić information content (AvgIpc) is 3.23. The maximum Gasteiger partial charge on any atom is 0.326 e. The van der Waals surface area contributed by atoms with Crippen molar-refractivity contribution in [1.82, 2.24) is 4.57 Å². The Hall–Kier alpha value is -2.55. The van der Waals surface area contributed by atoms with Crippen LogP contribution in [0.1, 0.15) is 17.3 Å². The van der Waals surface area contributed by atoms with Crippen molar-refractivity contribution in [3.63, 3.8) is 0 Å². The molecule has 0 N–H and O–H groups in total. The number of nitrogens with zero attached hydrogens (tertiary/aromatic N) is 2. The molecule has 4 rings (SSSR count). The summed E-state index contributed by atoms with van der Waals surface area (Å²) in [6.07, 6.45) is 0. The molecule has 0 aliphatic carbocycles. The van der Waals surface area contributed by atoms with E-state index in [0.29, 0.717) is 31.9 Å². The van der Waals surface area contributed by atoms with Crippen LogP contribution in [0.3, 0.4) is 0 Å². The van der Waals surface area contributed by atoms with E-state index in [2.05, 4.69) is 4.99 Å². The van der Waals surface area contributed by atoms with Gasteiger partial charge in [0.15, 0.2) is 16.3 Å². The van der Waals surface area contributed by atoms with Crippen LogP contribution in [0.2, 0.25) is 10.0 Å². The monoisotopic (exact) mass is 452 g/mol. The summed E-state index contributed by atoms with van der Waals surface area (Å²) in [5.74, 6) is 0.192. The van der Waals surface area contributed by atoms with Crippen LogP contribution in [-0.4, -0.2) is 29.8 Å². The summed E-state index contributed by atoms with van der Waals surface area (Å²) in [4.78, 5) is 29.4. The number of aromatic nitrogens is 1. The summed E-state index contributed by atoms with van der Waals surface area (Å²) in [6, 6.07) is 8.05. The molecule has 150 valence electrons. The summed E-state index contributed by atoms with van der Waals surface area (Å²) < 4.78 is 18.3. The lowest BCUT2D eigenvalue weighted by Crippen LogP contribution is -2.23. The molecule has 0 saturated carbocycles. The number of thiazole rings is 1. The molecule has 0 saturated heterocycles. The number of carbonyl (C=O) groups excluding carboxylic acids is 2. The van der Waals surface area contributed by atoms with Crippen molar-refractivity contribution in [1.29, 1.82) is 0 Å². The normalized spacial score (nSPS) is 13.1. The van der Waals surface area contributed by atoms with Gasteiger partial charge in [0.1, 0.15) is 6.54 Å². The van der Waals surface area contributed by atoms with Crippen LogP contribution >= 0.6 is 34.5 Å². The summed E-state index contributed by atoms with van der Waals surface area (Å²) in [5, 5.41) is 0.662. The van der Waals surface area contributed by atoms with Gasteiger partial charge in [-0.1, -0.05) is 34.5 Å². The van der Waals surface area contributed by atoms with E-state index in [4.69, 9.17) is 37.4 Å². The highest BCUT2D eigenvalue weighted by atomic mass is 35.5. The van der Waals surface area contributed by atoms with Crippen LogP contribution in [-0.2, 0) is 16.1 Å². The second-order valence-electron chi connectivity index (χ2n) is 6.02. The number of hydrogen-bond donors (Lipinski definition) is 0. The summed E-state index contributed by atoms with van der Waals surface area (Å²) in [5.41, 5.74) is 0.930. The highest BCUT2D eigenvalue weighted by molar-refractivity contribution is 7.16. The summed E-state index contributed by atoms with van der Waals surface area (Å²) in [6.45, 7) is 2.01. The molecule has 1 amide bonds. The molecule has 0 spiro atoms. The molecule has 0 radical (unpaired) electrons. The standard InChI is InChI=1S/C19H14Cl2N2O5S/c1-2-26-17(24)8-23-13-6-14-15(28-9-27-14)7-16(13)29-19(23)22-18(25)10-3-11(20)5-12(21)4-10/h3-7H,2,8-9H2,1H3. The molecular weight excluding hydrogens is 439 g/mol. The number of hydrogen-bond acceptors (Lipinski definition) is 6. The van der Waals surface area contributed by atoms with Crippen molar-refractivity contribution < 1.29 is 23.8 Å². The van der Waals surface area contributed by atoms with E-state index in [0.717, 1.165) is 4.70 Å². The molecule has 0 atom stereocenters. The number of carbonyl (C=O) groups is 2. The molecule has 0 fully saturated rings. The molecule has 0 bridgehead atoms. The first-order valence-electron chi connectivity index (χ1n) is 8.58. The third-order valence-corrected chi connectivity index (χ3v) is 5.55. The summed E-state index contributed by atoms with van der Waals surface area (Å²) in [7, 11) is 0. The molecule has 0 unspecified atom stereocenters. The molecular formula is C19H14Cl2N2O5S. The van der Waals surface area contributed by atoms with Gasteiger partial charge in [0.05, 0.1) is 16.8 Å². The van der Waals surface area contributed by atoms with E-state index in [-0.39, 0.29) is 25.5 Å². The predicted octanol–water partition coefficient (Wildman–Crippen LogP) is 4.04. The number of esters is 1.